The van der Waals surface area contributed by atoms with Crippen LogP contribution in [0.5, 0.6) is 0 Å². The van der Waals surface area contributed by atoms with Crippen molar-refractivity contribution in [3.05, 3.63) is 0 Å². The number of hydrogen-bond donors (Lipinski definition) is 5. The topological polar surface area (TPSA) is 162 Å². The minimum Gasteiger partial charge on any atom is -0.459 e. The quantitative estimate of drug-likeness (QED) is 0.195. The van der Waals surface area contributed by atoms with Crippen LogP contribution >= 0.6 is 0 Å². The molecule has 0 bridgehead atoms. The van der Waals surface area contributed by atoms with Gasteiger partial charge < -0.3 is 44.7 Å². The molecule has 2 aliphatic rings. The summed E-state index contributed by atoms with van der Waals surface area (Å²) in [5.74, 6) is -3.32. The number of nitrogens with zero attached hydrogens (tertiary/aromatic N) is 2. The van der Waals surface area contributed by atoms with E-state index in [2.05, 4.69) is 10.1 Å². The van der Waals surface area contributed by atoms with Gasteiger partial charge >= 0.3 is 5.97 Å². The molecule has 2 saturated heterocycles. The van der Waals surface area contributed by atoms with Crippen molar-refractivity contribution in [1.82, 2.24) is 4.90 Å². The van der Waals surface area contributed by atoms with E-state index >= 15 is 0 Å². The van der Waals surface area contributed by atoms with Crippen LogP contribution in [-0.2, 0) is 19.0 Å². The summed E-state index contributed by atoms with van der Waals surface area (Å²) in [6.45, 7) is 11.5. The lowest BCUT2D eigenvalue weighted by Gasteiger charge is -2.45. The van der Waals surface area contributed by atoms with Crippen molar-refractivity contribution in [2.24, 2.45) is 22.9 Å². The summed E-state index contributed by atoms with van der Waals surface area (Å²) < 4.78 is 18.1. The maximum Gasteiger partial charge on any atom is 0.311 e. The Balaban J connectivity index is 2.49. The first-order valence-corrected chi connectivity index (χ1v) is 14.2. The van der Waals surface area contributed by atoms with E-state index in [4.69, 9.17) is 14.2 Å². The first kappa shape index (κ1) is 33.9. The zero-order chi connectivity index (χ0) is 29.9. The minimum atomic E-state index is -1.87. The molecule has 0 aromatic rings. The molecule has 39 heavy (non-hydrogen) atoms. The van der Waals surface area contributed by atoms with Crippen LogP contribution in [0, 0.1) is 17.8 Å². The lowest BCUT2D eigenvalue weighted by atomic mass is 9.76. The molecule has 11 heteroatoms. The molecule has 228 valence electrons. The number of carbonyl (C=O) groups is 1. The number of hydrogen-bond acceptors (Lipinski definition) is 11. The average Bonchev–Trinajstić information content (AvgIpc) is 2.87. The van der Waals surface area contributed by atoms with Gasteiger partial charge in [-0.05, 0) is 67.5 Å². The molecule has 0 spiro atoms. The molecule has 0 amide bonds. The fraction of sp³-hybridized carbons (Fsp3) is 0.929. The summed E-state index contributed by atoms with van der Waals surface area (Å²) in [5.41, 5.74) is -3.26. The van der Waals surface area contributed by atoms with E-state index in [1.54, 1.807) is 27.7 Å². The molecule has 11 nitrogen and oxygen atoms in total. The van der Waals surface area contributed by atoms with E-state index in [-0.39, 0.29) is 37.1 Å². The van der Waals surface area contributed by atoms with Gasteiger partial charge in [0.1, 0.15) is 11.7 Å². The van der Waals surface area contributed by atoms with Crippen LogP contribution in [-0.4, -0.2) is 110 Å². The highest BCUT2D eigenvalue weighted by Gasteiger charge is 2.48. The number of aliphatic hydroxyl groups is 4. The Bertz CT molecular complexity index is 834. The molecule has 2 fully saturated rings. The molecule has 2 aliphatic heterocycles. The number of ether oxygens (including phenoxy) is 3. The van der Waals surface area contributed by atoms with Gasteiger partial charge in [-0.3, -0.25) is 4.79 Å². The molecule has 0 saturated carbocycles. The van der Waals surface area contributed by atoms with Crippen molar-refractivity contribution in [2.75, 3.05) is 14.1 Å². The second-order valence-corrected chi connectivity index (χ2v) is 12.4. The Morgan fingerprint density at radius 3 is 2.23 bits per heavy atom. The smallest absolute Gasteiger partial charge is 0.311 e. The lowest BCUT2D eigenvalue weighted by Crippen LogP contribution is -2.57. The van der Waals surface area contributed by atoms with Gasteiger partial charge in [0.15, 0.2) is 6.29 Å². The second-order valence-electron chi connectivity index (χ2n) is 12.4. The van der Waals surface area contributed by atoms with Crippen molar-refractivity contribution in [1.29, 1.82) is 0 Å². The third-order valence-electron chi connectivity index (χ3n) is 8.89. The zero-order valence-electron chi connectivity index (χ0n) is 25.1. The third-order valence-corrected chi connectivity index (χ3v) is 8.89. The lowest BCUT2D eigenvalue weighted by molar-refractivity contribution is -0.266. The maximum atomic E-state index is 13.2. The predicted molar refractivity (Wildman–Crippen MR) is 145 cm³/mol. The van der Waals surface area contributed by atoms with E-state index < -0.39 is 65.6 Å². The Labute approximate surface area is 233 Å². The third kappa shape index (κ3) is 7.90. The van der Waals surface area contributed by atoms with Crippen molar-refractivity contribution < 1.29 is 44.6 Å². The molecule has 0 radical (unpaired) electrons. The summed E-state index contributed by atoms with van der Waals surface area (Å²) in [6.07, 6.45) is -3.75. The Morgan fingerprint density at radius 2 is 1.69 bits per heavy atom. The summed E-state index contributed by atoms with van der Waals surface area (Å²) in [7, 11) is 3.98. The number of aliphatic hydroxyl groups excluding tert-OH is 2. The van der Waals surface area contributed by atoms with Gasteiger partial charge in [0.05, 0.1) is 41.6 Å². The van der Waals surface area contributed by atoms with Crippen LogP contribution in [0.25, 0.3) is 0 Å². The number of rotatable bonds is 4. The van der Waals surface area contributed by atoms with E-state index in [0.717, 1.165) is 6.42 Å². The summed E-state index contributed by atoms with van der Waals surface area (Å²) in [4.78, 5) is 15.3. The van der Waals surface area contributed by atoms with Crippen LogP contribution < -0.4 is 0 Å². The minimum absolute atomic E-state index is 0.0583. The van der Waals surface area contributed by atoms with E-state index in [1.165, 1.54) is 13.8 Å². The summed E-state index contributed by atoms with van der Waals surface area (Å²) in [6, 6.07) is 0.200. The zero-order valence-corrected chi connectivity index (χ0v) is 25.1. The normalized spacial score (nSPS) is 46.6. The fourth-order valence-electron chi connectivity index (χ4n) is 5.99. The summed E-state index contributed by atoms with van der Waals surface area (Å²) in [5, 5.41) is 58.5. The largest absolute Gasteiger partial charge is 0.459 e. The molecule has 5 N–H and O–H groups in total. The Morgan fingerprint density at radius 1 is 1.08 bits per heavy atom. The molecule has 0 aliphatic carbocycles. The molecule has 0 unspecified atom stereocenters. The Hall–Kier alpha value is -1.34. The number of carbonyl (C=O) groups excluding carboxylic acids is 1. The Kier molecular flexibility index (Phi) is 11.8. The van der Waals surface area contributed by atoms with E-state index in [0.29, 0.717) is 6.42 Å². The highest BCUT2D eigenvalue weighted by atomic mass is 16.7. The maximum absolute atomic E-state index is 13.2. The highest BCUT2D eigenvalue weighted by Crippen LogP contribution is 2.36. The van der Waals surface area contributed by atoms with E-state index in [9.17, 15) is 30.4 Å². The van der Waals surface area contributed by atoms with E-state index in [1.807, 2.05) is 21.0 Å². The van der Waals surface area contributed by atoms with Gasteiger partial charge in [-0.25, -0.2) is 0 Å². The SMILES string of the molecule is CC[C@H]1OC(=O)[C@H](C)[C@@H](O)[C@H](C)[C@@H](O[C@H]2C[C@@H](N(C)C)C[C@@H](C)O2)[C@](C)(O)CC/C(=N\O)[C@H](C)[C@@H](O)[C@]1(C)O. The van der Waals surface area contributed by atoms with Crippen molar-refractivity contribution in [2.45, 2.75) is 135 Å². The standard InChI is InChI=1S/C28H52N2O9/c1-10-21-28(7,35)24(32)16(3)20(29-36)11-12-27(6,34)25(17(4)23(31)18(5)26(33)38-21)39-22-14-19(30(8)9)13-15(2)37-22/h15-19,21-25,31-32,34-36H,10-14H2,1-9H3/b29-20+/t15-,16+,17+,18-,19+,21-,22+,23+,24-,25-,27-,28-/m1/s1. The van der Waals surface area contributed by atoms with Gasteiger partial charge in [-0.1, -0.05) is 25.9 Å². The number of cyclic esters (lactones) is 1. The van der Waals surface area contributed by atoms with Crippen LogP contribution in [0.4, 0.5) is 0 Å². The molecule has 2 rings (SSSR count). The average molecular weight is 561 g/mol. The fourth-order valence-corrected chi connectivity index (χ4v) is 5.99. The van der Waals surface area contributed by atoms with Crippen LogP contribution in [0.15, 0.2) is 5.16 Å². The van der Waals surface area contributed by atoms with Gasteiger partial charge in [0.2, 0.25) is 0 Å². The highest BCUT2D eigenvalue weighted by molar-refractivity contribution is 5.86. The van der Waals surface area contributed by atoms with Crippen LogP contribution in [0.1, 0.15) is 80.6 Å². The van der Waals surface area contributed by atoms with Gasteiger partial charge in [-0.15, -0.1) is 0 Å². The molecule has 0 aromatic carbocycles. The first-order valence-electron chi connectivity index (χ1n) is 14.2. The number of esters is 1. The molecule has 0 aromatic heterocycles. The monoisotopic (exact) mass is 560 g/mol. The predicted octanol–water partition coefficient (Wildman–Crippen LogP) is 1.90. The molecular formula is C28H52N2O9. The van der Waals surface area contributed by atoms with Crippen LogP contribution in [0.3, 0.4) is 0 Å². The second kappa shape index (κ2) is 13.5. The first-order chi connectivity index (χ1) is 18.0. The molecule has 12 atom stereocenters. The van der Waals surface area contributed by atoms with Crippen molar-refractivity contribution in [3.8, 4) is 0 Å². The molecular weight excluding hydrogens is 508 g/mol. The van der Waals surface area contributed by atoms with Gasteiger partial charge in [-0.2, -0.15) is 0 Å². The van der Waals surface area contributed by atoms with Crippen LogP contribution in [0.2, 0.25) is 0 Å². The summed E-state index contributed by atoms with van der Waals surface area (Å²) >= 11 is 0. The number of oxime groups is 1. The van der Waals surface area contributed by atoms with Crippen molar-refractivity contribution in [3.63, 3.8) is 0 Å². The van der Waals surface area contributed by atoms with Gasteiger partial charge in [0, 0.05) is 24.3 Å². The van der Waals surface area contributed by atoms with Crippen molar-refractivity contribution >= 4 is 11.7 Å². The van der Waals surface area contributed by atoms with Gasteiger partial charge in [0.25, 0.3) is 0 Å². The molecule has 2 heterocycles.